The summed E-state index contributed by atoms with van der Waals surface area (Å²) >= 11 is 5.71. The summed E-state index contributed by atoms with van der Waals surface area (Å²) in [5.41, 5.74) is -0.121. The minimum absolute atomic E-state index is 0.0377. The van der Waals surface area contributed by atoms with Gasteiger partial charge in [0.1, 0.15) is 11.6 Å². The molecular weight excluding hydrogens is 409 g/mol. The number of benzene rings is 2. The third-order valence-electron chi connectivity index (χ3n) is 4.29. The molecule has 1 aliphatic rings. The molecule has 1 heterocycles. The lowest BCUT2D eigenvalue weighted by atomic mass is 10.1. The van der Waals surface area contributed by atoms with Crippen LogP contribution >= 0.6 is 11.6 Å². The second-order valence-electron chi connectivity index (χ2n) is 6.25. The largest absolute Gasteiger partial charge is 0.496 e. The van der Waals surface area contributed by atoms with E-state index < -0.39 is 21.7 Å². The number of methoxy groups -OCH3 is 1. The molecule has 2 aromatic carbocycles. The molecule has 0 spiro atoms. The van der Waals surface area contributed by atoms with Crippen molar-refractivity contribution in [2.75, 3.05) is 25.5 Å². The third kappa shape index (κ3) is 4.61. The molecule has 1 saturated heterocycles. The van der Waals surface area contributed by atoms with Gasteiger partial charge < -0.3 is 15.4 Å². The molecule has 28 heavy (non-hydrogen) atoms. The Labute approximate surface area is 167 Å². The van der Waals surface area contributed by atoms with Crippen LogP contribution in [0.15, 0.2) is 41.3 Å². The lowest BCUT2D eigenvalue weighted by Gasteiger charge is -2.15. The van der Waals surface area contributed by atoms with E-state index in [1.165, 1.54) is 37.4 Å². The number of halogens is 2. The van der Waals surface area contributed by atoms with Crippen molar-refractivity contribution in [3.8, 4) is 5.75 Å². The van der Waals surface area contributed by atoms with E-state index in [-0.39, 0.29) is 33.0 Å². The van der Waals surface area contributed by atoms with Gasteiger partial charge in [0, 0.05) is 17.6 Å². The molecule has 1 amide bonds. The summed E-state index contributed by atoms with van der Waals surface area (Å²) in [6.45, 7) is 1.27. The first-order valence-corrected chi connectivity index (χ1v) is 10.3. The Bertz CT molecular complexity index is 994. The molecule has 1 atom stereocenters. The summed E-state index contributed by atoms with van der Waals surface area (Å²) in [7, 11) is -2.48. The van der Waals surface area contributed by atoms with Crippen molar-refractivity contribution in [1.82, 2.24) is 10.0 Å². The molecule has 0 saturated carbocycles. The van der Waals surface area contributed by atoms with E-state index in [0.717, 1.165) is 12.6 Å². The minimum atomic E-state index is -3.83. The number of carbonyl (C=O) groups is 1. The molecule has 3 rings (SSSR count). The fraction of sp³-hybridized carbons (Fsp3) is 0.278. The highest BCUT2D eigenvalue weighted by Gasteiger charge is 2.25. The second kappa shape index (κ2) is 8.44. The molecule has 0 aromatic heterocycles. The van der Waals surface area contributed by atoms with Crippen molar-refractivity contribution in [3.05, 3.63) is 52.8 Å². The third-order valence-corrected chi connectivity index (χ3v) is 6.04. The lowest BCUT2D eigenvalue weighted by molar-refractivity contribution is 0.102. The number of hydrogen-bond acceptors (Lipinski definition) is 5. The van der Waals surface area contributed by atoms with Crippen molar-refractivity contribution in [2.24, 2.45) is 0 Å². The number of nitrogens with one attached hydrogen (secondary N) is 3. The number of anilines is 1. The Hall–Kier alpha value is -2.20. The highest BCUT2D eigenvalue weighted by Crippen LogP contribution is 2.25. The molecular formula is C18H19ClFN3O4S. The fourth-order valence-corrected chi connectivity index (χ4v) is 4.31. The standard InChI is InChI=1S/C18H19ClFN3O4S/c1-27-17-5-3-13(28(25,26)23-12-6-7-21-10-12)9-14(17)18(24)22-16-4-2-11(19)8-15(16)20/h2-5,8-9,12,21,23H,6-7,10H2,1H3,(H,22,24)/t12-/m0/s1. The molecule has 2 aromatic rings. The number of hydrogen-bond donors (Lipinski definition) is 3. The molecule has 3 N–H and O–H groups in total. The van der Waals surface area contributed by atoms with Gasteiger partial charge in [0.2, 0.25) is 10.0 Å². The first kappa shape index (κ1) is 20.5. The van der Waals surface area contributed by atoms with Crippen molar-refractivity contribution in [3.63, 3.8) is 0 Å². The van der Waals surface area contributed by atoms with E-state index in [9.17, 15) is 17.6 Å². The number of carbonyl (C=O) groups excluding carboxylic acids is 1. The smallest absolute Gasteiger partial charge is 0.259 e. The van der Waals surface area contributed by atoms with Gasteiger partial charge in [-0.1, -0.05) is 11.6 Å². The van der Waals surface area contributed by atoms with Gasteiger partial charge in [-0.3, -0.25) is 4.79 Å². The Balaban J connectivity index is 1.88. The SMILES string of the molecule is COc1ccc(S(=O)(=O)N[C@H]2CCNC2)cc1C(=O)Nc1ccc(Cl)cc1F. The average molecular weight is 428 g/mol. The summed E-state index contributed by atoms with van der Waals surface area (Å²) in [6.07, 6.45) is 0.679. The number of amides is 1. The van der Waals surface area contributed by atoms with E-state index >= 15 is 0 Å². The van der Waals surface area contributed by atoms with E-state index in [2.05, 4.69) is 15.4 Å². The van der Waals surface area contributed by atoms with Crippen molar-refractivity contribution < 1.29 is 22.3 Å². The first-order valence-electron chi connectivity index (χ1n) is 8.47. The quantitative estimate of drug-likeness (QED) is 0.657. The summed E-state index contributed by atoms with van der Waals surface area (Å²) in [5.74, 6) is -1.26. The van der Waals surface area contributed by atoms with Gasteiger partial charge in [-0.05, 0) is 49.4 Å². The number of rotatable bonds is 6. The van der Waals surface area contributed by atoms with E-state index in [1.54, 1.807) is 0 Å². The van der Waals surface area contributed by atoms with Crippen molar-refractivity contribution >= 4 is 33.2 Å². The summed E-state index contributed by atoms with van der Waals surface area (Å²) in [4.78, 5) is 12.6. The Morgan fingerprint density at radius 1 is 1.29 bits per heavy atom. The van der Waals surface area contributed by atoms with Crippen LogP contribution in [0.25, 0.3) is 0 Å². The molecule has 0 aliphatic carbocycles. The fourth-order valence-electron chi connectivity index (χ4n) is 2.85. The van der Waals surface area contributed by atoms with Gasteiger partial charge >= 0.3 is 0 Å². The zero-order valence-corrected chi connectivity index (χ0v) is 16.5. The van der Waals surface area contributed by atoms with Crippen LogP contribution in [0.5, 0.6) is 5.75 Å². The molecule has 10 heteroatoms. The van der Waals surface area contributed by atoms with Crippen LogP contribution in [0.2, 0.25) is 5.02 Å². The maximum Gasteiger partial charge on any atom is 0.259 e. The topological polar surface area (TPSA) is 96.5 Å². The second-order valence-corrected chi connectivity index (χ2v) is 8.40. The van der Waals surface area contributed by atoms with Crippen LogP contribution in [0.1, 0.15) is 16.8 Å². The molecule has 0 bridgehead atoms. The average Bonchev–Trinajstić information content (AvgIpc) is 3.15. The molecule has 7 nitrogen and oxygen atoms in total. The van der Waals surface area contributed by atoms with Crippen molar-refractivity contribution in [1.29, 1.82) is 0 Å². The Kier molecular flexibility index (Phi) is 6.19. The molecule has 150 valence electrons. The first-order chi connectivity index (χ1) is 13.3. The van der Waals surface area contributed by atoms with E-state index in [0.29, 0.717) is 13.0 Å². The highest BCUT2D eigenvalue weighted by atomic mass is 35.5. The molecule has 0 radical (unpaired) electrons. The summed E-state index contributed by atoms with van der Waals surface area (Å²) in [5, 5.41) is 5.67. The van der Waals surface area contributed by atoms with Crippen LogP contribution in [-0.2, 0) is 10.0 Å². The summed E-state index contributed by atoms with van der Waals surface area (Å²) < 4.78 is 47.0. The monoisotopic (exact) mass is 427 g/mol. The number of sulfonamides is 1. The van der Waals surface area contributed by atoms with Crippen LogP contribution in [-0.4, -0.2) is 40.6 Å². The van der Waals surface area contributed by atoms with Crippen molar-refractivity contribution in [2.45, 2.75) is 17.4 Å². The van der Waals surface area contributed by atoms with Gasteiger partial charge in [0.15, 0.2) is 0 Å². The van der Waals surface area contributed by atoms with E-state index in [1.807, 2.05) is 0 Å². The van der Waals surface area contributed by atoms with Gasteiger partial charge in [-0.2, -0.15) is 0 Å². The zero-order valence-electron chi connectivity index (χ0n) is 15.0. The molecule has 0 unspecified atom stereocenters. The molecule has 1 aliphatic heterocycles. The molecule has 1 fully saturated rings. The highest BCUT2D eigenvalue weighted by molar-refractivity contribution is 7.89. The van der Waals surface area contributed by atoms with Gasteiger partial charge in [-0.15, -0.1) is 0 Å². The maximum absolute atomic E-state index is 14.0. The number of ether oxygens (including phenoxy) is 1. The van der Waals surface area contributed by atoms with Crippen LogP contribution in [0, 0.1) is 5.82 Å². The zero-order chi connectivity index (χ0) is 20.3. The Morgan fingerprint density at radius 2 is 2.07 bits per heavy atom. The predicted octanol–water partition coefficient (Wildman–Crippen LogP) is 2.38. The Morgan fingerprint density at radius 3 is 2.71 bits per heavy atom. The normalized spacial score (nSPS) is 16.8. The van der Waals surface area contributed by atoms with Crippen LogP contribution < -0.4 is 20.1 Å². The van der Waals surface area contributed by atoms with Gasteiger partial charge in [0.05, 0.1) is 23.3 Å². The van der Waals surface area contributed by atoms with Crippen LogP contribution in [0.3, 0.4) is 0 Å². The predicted molar refractivity (Wildman–Crippen MR) is 104 cm³/mol. The van der Waals surface area contributed by atoms with Gasteiger partial charge in [0.25, 0.3) is 5.91 Å². The van der Waals surface area contributed by atoms with Gasteiger partial charge in [-0.25, -0.2) is 17.5 Å². The van der Waals surface area contributed by atoms with E-state index in [4.69, 9.17) is 16.3 Å². The lowest BCUT2D eigenvalue weighted by Crippen LogP contribution is -2.36. The van der Waals surface area contributed by atoms with Crippen LogP contribution in [0.4, 0.5) is 10.1 Å². The minimum Gasteiger partial charge on any atom is -0.496 e. The maximum atomic E-state index is 14.0. The summed E-state index contributed by atoms with van der Waals surface area (Å²) in [6, 6.07) is 7.53.